The highest BCUT2D eigenvalue weighted by Gasteiger charge is 2.05. The normalized spacial score (nSPS) is 9.93. The van der Waals surface area contributed by atoms with Gasteiger partial charge in [-0.25, -0.2) is 4.98 Å². The molecule has 1 rings (SSSR count). The second kappa shape index (κ2) is 5.92. The van der Waals surface area contributed by atoms with Gasteiger partial charge in [0, 0.05) is 25.4 Å². The number of pyridine rings is 1. The van der Waals surface area contributed by atoms with Crippen molar-refractivity contribution in [2.75, 3.05) is 25.0 Å². The molecule has 0 unspecified atom stereocenters. The lowest BCUT2D eigenvalue weighted by Gasteiger charge is -2.04. The molecule has 82 valence electrons. The van der Waals surface area contributed by atoms with Crippen molar-refractivity contribution >= 4 is 11.5 Å². The standard InChI is InChI=1S/C9H14N4O2/c1-2-10-5-6-12-9-7-8(13(14)15)3-4-11-9/h3-4,7,10H,2,5-6H2,1H3,(H,11,12). The van der Waals surface area contributed by atoms with Crippen LogP contribution in [0.5, 0.6) is 0 Å². The van der Waals surface area contributed by atoms with E-state index in [1.807, 2.05) is 6.92 Å². The Morgan fingerprint density at radius 1 is 1.53 bits per heavy atom. The SMILES string of the molecule is CCNCCNc1cc([N+](=O)[O-])ccn1. The Hall–Kier alpha value is -1.69. The minimum Gasteiger partial charge on any atom is -0.369 e. The van der Waals surface area contributed by atoms with E-state index in [9.17, 15) is 10.1 Å². The third kappa shape index (κ3) is 3.90. The zero-order valence-electron chi connectivity index (χ0n) is 8.56. The summed E-state index contributed by atoms with van der Waals surface area (Å²) in [5.41, 5.74) is 0.0518. The van der Waals surface area contributed by atoms with E-state index >= 15 is 0 Å². The van der Waals surface area contributed by atoms with E-state index < -0.39 is 4.92 Å². The van der Waals surface area contributed by atoms with Crippen LogP contribution >= 0.6 is 0 Å². The van der Waals surface area contributed by atoms with Crippen LogP contribution in [0.3, 0.4) is 0 Å². The highest BCUT2D eigenvalue weighted by Crippen LogP contribution is 2.13. The van der Waals surface area contributed by atoms with E-state index in [1.54, 1.807) is 0 Å². The summed E-state index contributed by atoms with van der Waals surface area (Å²) in [5, 5.41) is 16.6. The Morgan fingerprint density at radius 2 is 2.33 bits per heavy atom. The van der Waals surface area contributed by atoms with Gasteiger partial charge in [0.1, 0.15) is 5.82 Å². The second-order valence-corrected chi connectivity index (χ2v) is 2.94. The molecule has 0 aliphatic carbocycles. The van der Waals surface area contributed by atoms with Crippen molar-refractivity contribution in [3.8, 4) is 0 Å². The summed E-state index contributed by atoms with van der Waals surface area (Å²) < 4.78 is 0. The van der Waals surface area contributed by atoms with Gasteiger partial charge in [0.05, 0.1) is 11.0 Å². The molecule has 0 atom stereocenters. The Bertz CT molecular complexity index is 330. The van der Waals surface area contributed by atoms with Crippen LogP contribution in [0.15, 0.2) is 18.3 Å². The summed E-state index contributed by atoms with van der Waals surface area (Å²) >= 11 is 0. The van der Waals surface area contributed by atoms with Gasteiger partial charge in [0.2, 0.25) is 0 Å². The molecule has 0 aliphatic heterocycles. The van der Waals surface area contributed by atoms with Gasteiger partial charge in [0.15, 0.2) is 0 Å². The van der Waals surface area contributed by atoms with E-state index in [4.69, 9.17) is 0 Å². The van der Waals surface area contributed by atoms with Crippen LogP contribution in [0.2, 0.25) is 0 Å². The number of likely N-dealkylation sites (N-methyl/N-ethyl adjacent to an activating group) is 1. The largest absolute Gasteiger partial charge is 0.369 e. The highest BCUT2D eigenvalue weighted by molar-refractivity contribution is 5.44. The van der Waals surface area contributed by atoms with Crippen molar-refractivity contribution < 1.29 is 4.92 Å². The van der Waals surface area contributed by atoms with Crippen molar-refractivity contribution in [3.63, 3.8) is 0 Å². The first-order chi connectivity index (χ1) is 7.24. The van der Waals surface area contributed by atoms with Crippen LogP contribution in [0.25, 0.3) is 0 Å². The van der Waals surface area contributed by atoms with Crippen molar-refractivity contribution in [2.24, 2.45) is 0 Å². The first-order valence-electron chi connectivity index (χ1n) is 4.79. The molecule has 0 saturated carbocycles. The maximum absolute atomic E-state index is 10.5. The summed E-state index contributed by atoms with van der Waals surface area (Å²) in [7, 11) is 0. The van der Waals surface area contributed by atoms with Gasteiger partial charge in [-0.1, -0.05) is 6.92 Å². The quantitative estimate of drug-likeness (QED) is 0.416. The summed E-state index contributed by atoms with van der Waals surface area (Å²) in [6.45, 7) is 4.43. The Morgan fingerprint density at radius 3 is 3.00 bits per heavy atom. The zero-order valence-corrected chi connectivity index (χ0v) is 8.56. The molecule has 0 spiro atoms. The number of anilines is 1. The lowest BCUT2D eigenvalue weighted by molar-refractivity contribution is -0.384. The predicted molar refractivity (Wildman–Crippen MR) is 57.9 cm³/mol. The van der Waals surface area contributed by atoms with E-state index in [1.165, 1.54) is 18.3 Å². The number of hydrogen-bond donors (Lipinski definition) is 2. The number of hydrogen-bond acceptors (Lipinski definition) is 5. The van der Waals surface area contributed by atoms with Crippen LogP contribution in [0.4, 0.5) is 11.5 Å². The average molecular weight is 210 g/mol. The monoisotopic (exact) mass is 210 g/mol. The van der Waals surface area contributed by atoms with Gasteiger partial charge in [-0.05, 0) is 6.54 Å². The van der Waals surface area contributed by atoms with Gasteiger partial charge in [-0.15, -0.1) is 0 Å². The topological polar surface area (TPSA) is 80.1 Å². The molecule has 2 N–H and O–H groups in total. The summed E-state index contributed by atoms with van der Waals surface area (Å²) in [6.07, 6.45) is 1.42. The number of nitrogens with one attached hydrogen (secondary N) is 2. The van der Waals surface area contributed by atoms with Crippen LogP contribution < -0.4 is 10.6 Å². The molecular formula is C9H14N4O2. The molecule has 0 radical (unpaired) electrons. The highest BCUT2D eigenvalue weighted by atomic mass is 16.6. The number of aromatic nitrogens is 1. The molecule has 0 aromatic carbocycles. The molecule has 0 aliphatic rings. The fraction of sp³-hybridized carbons (Fsp3) is 0.444. The summed E-state index contributed by atoms with van der Waals surface area (Å²) in [4.78, 5) is 14.0. The maximum Gasteiger partial charge on any atom is 0.274 e. The molecule has 1 aromatic heterocycles. The first kappa shape index (κ1) is 11.4. The van der Waals surface area contributed by atoms with Crippen molar-refractivity contribution in [3.05, 3.63) is 28.4 Å². The lowest BCUT2D eigenvalue weighted by atomic mass is 10.4. The van der Waals surface area contributed by atoms with E-state index in [-0.39, 0.29) is 5.69 Å². The lowest BCUT2D eigenvalue weighted by Crippen LogP contribution is -2.21. The third-order valence-electron chi connectivity index (χ3n) is 1.81. The molecule has 6 nitrogen and oxygen atoms in total. The molecule has 1 aromatic rings. The number of nitrogens with zero attached hydrogens (tertiary/aromatic N) is 2. The van der Waals surface area contributed by atoms with Gasteiger partial charge in [0.25, 0.3) is 5.69 Å². The van der Waals surface area contributed by atoms with Crippen molar-refractivity contribution in [1.29, 1.82) is 0 Å². The number of rotatable bonds is 6. The molecular weight excluding hydrogens is 196 g/mol. The molecule has 0 fully saturated rings. The van der Waals surface area contributed by atoms with E-state index in [2.05, 4.69) is 15.6 Å². The van der Waals surface area contributed by atoms with Crippen LogP contribution in [-0.4, -0.2) is 29.5 Å². The molecule has 0 saturated heterocycles. The van der Waals surface area contributed by atoms with Gasteiger partial charge in [-0.3, -0.25) is 10.1 Å². The Kier molecular flexibility index (Phi) is 4.49. The molecule has 15 heavy (non-hydrogen) atoms. The average Bonchev–Trinajstić information content (AvgIpc) is 2.25. The van der Waals surface area contributed by atoms with Crippen LogP contribution in [0.1, 0.15) is 6.92 Å². The third-order valence-corrected chi connectivity index (χ3v) is 1.81. The maximum atomic E-state index is 10.5. The zero-order chi connectivity index (χ0) is 11.1. The minimum absolute atomic E-state index is 0.0518. The van der Waals surface area contributed by atoms with Crippen LogP contribution in [0, 0.1) is 10.1 Å². The van der Waals surface area contributed by atoms with Gasteiger partial charge < -0.3 is 10.6 Å². The van der Waals surface area contributed by atoms with E-state index in [0.29, 0.717) is 12.4 Å². The molecule has 0 amide bonds. The fourth-order valence-corrected chi connectivity index (χ4v) is 1.09. The molecule has 1 heterocycles. The second-order valence-electron chi connectivity index (χ2n) is 2.94. The van der Waals surface area contributed by atoms with E-state index in [0.717, 1.165) is 13.1 Å². The van der Waals surface area contributed by atoms with Gasteiger partial charge in [-0.2, -0.15) is 0 Å². The predicted octanol–water partition coefficient (Wildman–Crippen LogP) is 1.01. The summed E-state index contributed by atoms with van der Waals surface area (Å²) in [5.74, 6) is 0.530. The smallest absolute Gasteiger partial charge is 0.274 e. The van der Waals surface area contributed by atoms with Gasteiger partial charge >= 0.3 is 0 Å². The Balaban J connectivity index is 2.47. The Labute approximate surface area is 87.9 Å². The van der Waals surface area contributed by atoms with Crippen molar-refractivity contribution in [1.82, 2.24) is 10.3 Å². The fourth-order valence-electron chi connectivity index (χ4n) is 1.09. The van der Waals surface area contributed by atoms with Crippen LogP contribution in [-0.2, 0) is 0 Å². The summed E-state index contributed by atoms with van der Waals surface area (Å²) in [6, 6.07) is 2.79. The molecule has 6 heteroatoms. The molecule has 0 bridgehead atoms. The van der Waals surface area contributed by atoms with Crippen molar-refractivity contribution in [2.45, 2.75) is 6.92 Å². The minimum atomic E-state index is -0.433. The number of nitro groups is 1. The first-order valence-corrected chi connectivity index (χ1v) is 4.79.